The molecule has 0 fully saturated rings. The van der Waals surface area contributed by atoms with Gasteiger partial charge in [-0.3, -0.25) is 0 Å². The minimum absolute atomic E-state index is 0.133. The Balaban J connectivity index is 1.94. The molecule has 25 heavy (non-hydrogen) atoms. The third kappa shape index (κ3) is 3.73. The van der Waals surface area contributed by atoms with Crippen LogP contribution in [0.25, 0.3) is 0 Å². The van der Waals surface area contributed by atoms with E-state index in [1.165, 1.54) is 12.4 Å². The van der Waals surface area contributed by atoms with Gasteiger partial charge in [-0.05, 0) is 36.8 Å². The van der Waals surface area contributed by atoms with Crippen molar-refractivity contribution < 1.29 is 5.21 Å². The van der Waals surface area contributed by atoms with E-state index in [9.17, 15) is 5.21 Å². The molecule has 2 aromatic carbocycles. The smallest absolute Gasteiger partial charge is 0.157 e. The number of nitrogens with one attached hydrogen (secondary N) is 1. The Hall–Kier alpha value is -2.63. The third-order valence-electron chi connectivity index (χ3n) is 3.63. The lowest BCUT2D eigenvalue weighted by Gasteiger charge is -2.12. The summed E-state index contributed by atoms with van der Waals surface area (Å²) in [4.78, 5) is 8.05. The molecule has 0 aliphatic heterocycles. The van der Waals surface area contributed by atoms with Gasteiger partial charge in [-0.25, -0.2) is 9.97 Å². The molecule has 2 N–H and O–H groups in total. The molecular weight excluding hydrogens is 359 g/mol. The van der Waals surface area contributed by atoms with Crippen molar-refractivity contribution in [1.29, 1.82) is 0 Å². The van der Waals surface area contributed by atoms with Crippen LogP contribution >= 0.6 is 23.2 Å². The van der Waals surface area contributed by atoms with Crippen LogP contribution in [0.5, 0.6) is 0 Å². The first-order chi connectivity index (χ1) is 12.1. The highest BCUT2D eigenvalue weighted by Gasteiger charge is 2.17. The number of aromatic nitrogens is 2. The van der Waals surface area contributed by atoms with Crippen LogP contribution in [0.1, 0.15) is 16.8 Å². The summed E-state index contributed by atoms with van der Waals surface area (Å²) in [5.41, 5.74) is 3.83. The Labute approximate surface area is 155 Å². The summed E-state index contributed by atoms with van der Waals surface area (Å²) < 4.78 is 0. The van der Waals surface area contributed by atoms with Gasteiger partial charge in [0.15, 0.2) is 5.15 Å². The molecule has 0 aliphatic carbocycles. The van der Waals surface area contributed by atoms with Crippen LogP contribution in [0.4, 0.5) is 11.4 Å². The van der Waals surface area contributed by atoms with Crippen molar-refractivity contribution in [3.8, 4) is 0 Å². The Morgan fingerprint density at radius 1 is 1.08 bits per heavy atom. The highest BCUT2D eigenvalue weighted by Crippen LogP contribution is 2.27. The largest absolute Gasteiger partial charge is 0.410 e. The summed E-state index contributed by atoms with van der Waals surface area (Å²) in [6.07, 6.45) is 2.92. The van der Waals surface area contributed by atoms with Gasteiger partial charge in [-0.1, -0.05) is 46.6 Å². The molecule has 126 valence electrons. The van der Waals surface area contributed by atoms with Crippen LogP contribution in [0.2, 0.25) is 10.2 Å². The van der Waals surface area contributed by atoms with E-state index in [2.05, 4.69) is 20.4 Å². The minimum Gasteiger partial charge on any atom is -0.410 e. The maximum absolute atomic E-state index is 9.41. The van der Waals surface area contributed by atoms with Crippen molar-refractivity contribution in [3.05, 3.63) is 81.9 Å². The van der Waals surface area contributed by atoms with Gasteiger partial charge >= 0.3 is 0 Å². The molecule has 0 amide bonds. The molecule has 3 rings (SSSR count). The van der Waals surface area contributed by atoms with Crippen LogP contribution in [-0.4, -0.2) is 20.9 Å². The number of halogens is 2. The number of oxime groups is 1. The lowest BCUT2D eigenvalue weighted by Crippen LogP contribution is -2.08. The van der Waals surface area contributed by atoms with Crippen LogP contribution in [0.15, 0.2) is 60.0 Å². The molecule has 5 nitrogen and oxygen atoms in total. The molecule has 3 aromatic rings. The van der Waals surface area contributed by atoms with E-state index < -0.39 is 0 Å². The average molecular weight is 373 g/mol. The number of rotatable bonds is 4. The molecule has 0 radical (unpaired) electrons. The Kier molecular flexibility index (Phi) is 5.16. The first kappa shape index (κ1) is 17.2. The van der Waals surface area contributed by atoms with E-state index in [1.807, 2.05) is 37.3 Å². The van der Waals surface area contributed by atoms with Gasteiger partial charge in [0, 0.05) is 29.3 Å². The molecule has 0 aliphatic rings. The quantitative estimate of drug-likeness (QED) is 0.381. The molecule has 1 aromatic heterocycles. The second-order valence-corrected chi connectivity index (χ2v) is 6.04. The highest BCUT2D eigenvalue weighted by molar-refractivity contribution is 6.38. The highest BCUT2D eigenvalue weighted by atomic mass is 35.5. The average Bonchev–Trinajstić information content (AvgIpc) is 2.61. The fourth-order valence-corrected chi connectivity index (χ4v) is 2.83. The van der Waals surface area contributed by atoms with E-state index in [-0.39, 0.29) is 16.6 Å². The Morgan fingerprint density at radius 3 is 2.52 bits per heavy atom. The number of aryl methyl sites for hydroxylation is 1. The number of hydrogen-bond acceptors (Lipinski definition) is 5. The van der Waals surface area contributed by atoms with Crippen LogP contribution in [-0.2, 0) is 0 Å². The number of para-hydroxylation sites is 1. The van der Waals surface area contributed by atoms with Gasteiger partial charge in [-0.15, -0.1) is 0 Å². The molecule has 0 atom stereocenters. The van der Waals surface area contributed by atoms with Crippen LogP contribution in [0, 0.1) is 6.92 Å². The zero-order valence-electron chi connectivity index (χ0n) is 13.2. The number of nitrogens with zero attached hydrogens (tertiary/aromatic N) is 3. The van der Waals surface area contributed by atoms with E-state index in [1.54, 1.807) is 12.1 Å². The summed E-state index contributed by atoms with van der Waals surface area (Å²) in [7, 11) is 0. The van der Waals surface area contributed by atoms with Crippen LogP contribution in [0.3, 0.4) is 0 Å². The van der Waals surface area contributed by atoms with Crippen molar-refractivity contribution in [3.63, 3.8) is 0 Å². The second-order valence-electron chi connectivity index (χ2n) is 5.28. The van der Waals surface area contributed by atoms with Gasteiger partial charge in [0.1, 0.15) is 11.4 Å². The normalized spacial score (nSPS) is 11.4. The zero-order chi connectivity index (χ0) is 17.8. The van der Waals surface area contributed by atoms with E-state index >= 15 is 0 Å². The predicted molar refractivity (Wildman–Crippen MR) is 100 cm³/mol. The second kappa shape index (κ2) is 7.51. The van der Waals surface area contributed by atoms with E-state index in [4.69, 9.17) is 23.2 Å². The van der Waals surface area contributed by atoms with Gasteiger partial charge in [0.2, 0.25) is 0 Å². The van der Waals surface area contributed by atoms with Crippen molar-refractivity contribution in [1.82, 2.24) is 9.97 Å². The number of benzene rings is 2. The molecule has 1 heterocycles. The Bertz CT molecular complexity index is 944. The molecule has 0 spiro atoms. The summed E-state index contributed by atoms with van der Waals surface area (Å²) in [6.45, 7) is 2.02. The fraction of sp³-hybridized carbons (Fsp3) is 0.0556. The van der Waals surface area contributed by atoms with Crippen molar-refractivity contribution in [2.24, 2.45) is 5.16 Å². The Morgan fingerprint density at radius 2 is 1.84 bits per heavy atom. The standard InChI is InChI=1S/C18H14Cl2N4O/c1-11-4-2-3-5-15(11)23-12-6-7-13(14(19)10-12)16(24-25)17-18(20)22-9-8-21-17/h2-10,23,25H,1H3/b24-16-. The van der Waals surface area contributed by atoms with Gasteiger partial charge in [0.25, 0.3) is 0 Å². The molecule has 7 heteroatoms. The van der Waals surface area contributed by atoms with Crippen molar-refractivity contribution in [2.75, 3.05) is 5.32 Å². The van der Waals surface area contributed by atoms with E-state index in [0.29, 0.717) is 10.6 Å². The third-order valence-corrected chi connectivity index (χ3v) is 4.22. The van der Waals surface area contributed by atoms with Crippen molar-refractivity contribution in [2.45, 2.75) is 6.92 Å². The summed E-state index contributed by atoms with van der Waals surface area (Å²) >= 11 is 12.4. The molecular formula is C18H14Cl2N4O. The maximum Gasteiger partial charge on any atom is 0.157 e. The summed E-state index contributed by atoms with van der Waals surface area (Å²) in [5, 5.41) is 16.5. The maximum atomic E-state index is 9.41. The zero-order valence-corrected chi connectivity index (χ0v) is 14.8. The van der Waals surface area contributed by atoms with Crippen molar-refractivity contribution >= 4 is 40.3 Å². The van der Waals surface area contributed by atoms with Crippen LogP contribution < -0.4 is 5.32 Å². The van der Waals surface area contributed by atoms with Gasteiger partial charge in [0.05, 0.1) is 5.02 Å². The molecule has 0 bridgehead atoms. The molecule has 0 saturated carbocycles. The first-order valence-corrected chi connectivity index (χ1v) is 8.17. The minimum atomic E-state index is 0.133. The first-order valence-electron chi connectivity index (χ1n) is 7.41. The topological polar surface area (TPSA) is 70.4 Å². The van der Waals surface area contributed by atoms with Gasteiger partial charge < -0.3 is 10.5 Å². The number of hydrogen-bond donors (Lipinski definition) is 2. The fourth-order valence-electron chi connectivity index (χ4n) is 2.36. The van der Waals surface area contributed by atoms with Gasteiger partial charge in [-0.2, -0.15) is 0 Å². The van der Waals surface area contributed by atoms with E-state index in [0.717, 1.165) is 16.9 Å². The molecule has 0 saturated heterocycles. The predicted octanol–water partition coefficient (Wildman–Crippen LogP) is 5.06. The SMILES string of the molecule is Cc1ccccc1Nc1ccc(/C(=N/O)c2nccnc2Cl)c(Cl)c1. The monoisotopic (exact) mass is 372 g/mol. The lowest BCUT2D eigenvalue weighted by molar-refractivity contribution is 0.319. The lowest BCUT2D eigenvalue weighted by atomic mass is 10.1. The summed E-state index contributed by atoms with van der Waals surface area (Å²) in [6, 6.07) is 13.3. The number of anilines is 2. The molecule has 0 unspecified atom stereocenters. The summed E-state index contributed by atoms with van der Waals surface area (Å²) in [5.74, 6) is 0.